The van der Waals surface area contributed by atoms with Gasteiger partial charge in [-0.05, 0) is 56.9 Å². The summed E-state index contributed by atoms with van der Waals surface area (Å²) < 4.78 is 47.2. The molecule has 0 amide bonds. The van der Waals surface area contributed by atoms with Crippen molar-refractivity contribution in [2.24, 2.45) is 0 Å². The molecule has 0 radical (unpaired) electrons. The summed E-state index contributed by atoms with van der Waals surface area (Å²) in [7, 11) is -3.56. The summed E-state index contributed by atoms with van der Waals surface area (Å²) in [4.78, 5) is 14.1. The number of ether oxygens (including phenoxy) is 1. The highest BCUT2D eigenvalue weighted by Gasteiger charge is 2.33. The van der Waals surface area contributed by atoms with E-state index in [-0.39, 0.29) is 22.6 Å². The number of ketones is 1. The van der Waals surface area contributed by atoms with Gasteiger partial charge < -0.3 is 9.64 Å². The number of nitrogens with zero attached hydrogens (tertiary/aromatic N) is 2. The molecule has 0 aromatic heterocycles. The monoisotopic (exact) mass is 460 g/mol. The third-order valence-corrected chi connectivity index (χ3v) is 8.36. The second-order valence-electron chi connectivity index (χ2n) is 8.50. The number of likely N-dealkylation sites (tertiary alicyclic amines) is 1. The molecule has 0 atom stereocenters. The zero-order valence-electron chi connectivity index (χ0n) is 18.2. The molecule has 2 aromatic rings. The lowest BCUT2D eigenvalue weighted by Crippen LogP contribution is -2.50. The molecule has 0 N–H and O–H groups in total. The normalized spacial score (nSPS) is 19.7. The topological polar surface area (TPSA) is 66.9 Å². The van der Waals surface area contributed by atoms with Crippen molar-refractivity contribution in [1.82, 2.24) is 9.21 Å². The first kappa shape index (κ1) is 22.9. The maximum atomic E-state index is 13.8. The number of sulfonamides is 1. The van der Waals surface area contributed by atoms with Crippen LogP contribution in [0.4, 0.5) is 4.39 Å². The van der Waals surface area contributed by atoms with Crippen LogP contribution < -0.4 is 4.74 Å². The first-order valence-corrected chi connectivity index (χ1v) is 12.5. The Balaban J connectivity index is 1.28. The smallest absolute Gasteiger partial charge is 0.243 e. The molecule has 0 bridgehead atoms. The van der Waals surface area contributed by atoms with Gasteiger partial charge in [-0.25, -0.2) is 12.8 Å². The zero-order valence-corrected chi connectivity index (χ0v) is 19.1. The lowest BCUT2D eigenvalue weighted by Gasteiger charge is -2.41. The van der Waals surface area contributed by atoms with Gasteiger partial charge in [0.25, 0.3) is 0 Å². The van der Waals surface area contributed by atoms with Gasteiger partial charge in [-0.15, -0.1) is 0 Å². The Morgan fingerprint density at radius 1 is 0.938 bits per heavy atom. The van der Waals surface area contributed by atoms with Gasteiger partial charge >= 0.3 is 0 Å². The van der Waals surface area contributed by atoms with Crippen LogP contribution in [-0.4, -0.2) is 61.7 Å². The number of rotatable bonds is 6. The molecular weight excluding hydrogens is 431 g/mol. The first-order chi connectivity index (χ1) is 15.3. The maximum Gasteiger partial charge on any atom is 0.243 e. The second kappa shape index (κ2) is 9.68. The van der Waals surface area contributed by atoms with E-state index < -0.39 is 10.0 Å². The van der Waals surface area contributed by atoms with Gasteiger partial charge in [0.15, 0.2) is 17.3 Å². The van der Waals surface area contributed by atoms with Crippen molar-refractivity contribution < 1.29 is 22.3 Å². The van der Waals surface area contributed by atoms with Crippen LogP contribution in [0.2, 0.25) is 0 Å². The number of piperidine rings is 2. The summed E-state index contributed by atoms with van der Waals surface area (Å²) >= 11 is 0. The Morgan fingerprint density at radius 2 is 1.56 bits per heavy atom. The van der Waals surface area contributed by atoms with E-state index in [2.05, 4.69) is 4.90 Å². The summed E-state index contributed by atoms with van der Waals surface area (Å²) in [5.41, 5.74) is 0.505. The summed E-state index contributed by atoms with van der Waals surface area (Å²) in [5.74, 6) is -0.113. The molecule has 172 valence electrons. The molecule has 2 aromatic carbocycles. The van der Waals surface area contributed by atoms with Crippen LogP contribution in [0.15, 0.2) is 53.4 Å². The van der Waals surface area contributed by atoms with Crippen LogP contribution in [0.5, 0.6) is 5.75 Å². The minimum Gasteiger partial charge on any atom is -0.487 e. The highest BCUT2D eigenvalue weighted by molar-refractivity contribution is 7.89. The number of hydrogen-bond donors (Lipinski definition) is 0. The summed E-state index contributed by atoms with van der Waals surface area (Å²) in [5, 5.41) is 0. The molecule has 4 rings (SSSR count). The summed E-state index contributed by atoms with van der Waals surface area (Å²) in [6.07, 6.45) is 3.22. The SMILES string of the molecule is CC(=O)c1ccc(S(=O)(=O)N2CCC(N3CCC(Oc4ccccc4F)CC3)CC2)cc1. The number of benzene rings is 2. The minimum atomic E-state index is -3.56. The second-order valence-corrected chi connectivity index (χ2v) is 10.4. The van der Waals surface area contributed by atoms with E-state index in [1.54, 1.807) is 34.6 Å². The molecule has 8 heteroatoms. The van der Waals surface area contributed by atoms with Gasteiger partial charge in [0.1, 0.15) is 6.10 Å². The Bertz CT molecular complexity index is 1040. The van der Waals surface area contributed by atoms with Crippen LogP contribution >= 0.6 is 0 Å². The van der Waals surface area contributed by atoms with Crippen LogP contribution in [0.25, 0.3) is 0 Å². The van der Waals surface area contributed by atoms with Crippen molar-refractivity contribution in [3.63, 3.8) is 0 Å². The van der Waals surface area contributed by atoms with E-state index in [1.165, 1.54) is 25.1 Å². The predicted molar refractivity (Wildman–Crippen MR) is 120 cm³/mol. The quantitative estimate of drug-likeness (QED) is 0.615. The van der Waals surface area contributed by atoms with Crippen molar-refractivity contribution in [1.29, 1.82) is 0 Å². The third-order valence-electron chi connectivity index (χ3n) is 6.45. The third kappa shape index (κ3) is 5.03. The van der Waals surface area contributed by atoms with Crippen LogP contribution in [0.1, 0.15) is 43.0 Å². The lowest BCUT2D eigenvalue weighted by molar-refractivity contribution is 0.0568. The number of carbonyl (C=O) groups excluding carboxylic acids is 1. The van der Waals surface area contributed by atoms with E-state index in [4.69, 9.17) is 4.74 Å². The molecule has 2 fully saturated rings. The van der Waals surface area contributed by atoms with Gasteiger partial charge in [-0.2, -0.15) is 4.31 Å². The average molecular weight is 461 g/mol. The number of carbonyl (C=O) groups is 1. The minimum absolute atomic E-state index is 0.00147. The van der Waals surface area contributed by atoms with E-state index in [9.17, 15) is 17.6 Å². The number of para-hydroxylation sites is 1. The largest absolute Gasteiger partial charge is 0.487 e. The molecular formula is C24H29FN2O4S. The van der Waals surface area contributed by atoms with E-state index in [0.717, 1.165) is 38.8 Å². The number of Topliss-reactive ketones (excluding diaryl/α,β-unsaturated/α-hetero) is 1. The van der Waals surface area contributed by atoms with Gasteiger partial charge in [-0.3, -0.25) is 4.79 Å². The van der Waals surface area contributed by atoms with Gasteiger partial charge in [0.2, 0.25) is 10.0 Å². The fourth-order valence-corrected chi connectivity index (χ4v) is 6.01. The molecule has 0 unspecified atom stereocenters. The van der Waals surface area contributed by atoms with E-state index in [1.807, 2.05) is 0 Å². The number of halogens is 1. The molecule has 0 aliphatic carbocycles. The fraction of sp³-hybridized carbons (Fsp3) is 0.458. The van der Waals surface area contributed by atoms with Crippen molar-refractivity contribution in [3.05, 3.63) is 59.9 Å². The van der Waals surface area contributed by atoms with Gasteiger partial charge in [0.05, 0.1) is 4.90 Å². The van der Waals surface area contributed by atoms with Crippen molar-refractivity contribution >= 4 is 15.8 Å². The Labute approximate surface area is 189 Å². The Hall–Kier alpha value is -2.29. The van der Waals surface area contributed by atoms with Crippen molar-refractivity contribution in [2.75, 3.05) is 26.2 Å². The Kier molecular flexibility index (Phi) is 6.93. The molecule has 32 heavy (non-hydrogen) atoms. The molecule has 0 saturated carbocycles. The highest BCUT2D eigenvalue weighted by Crippen LogP contribution is 2.27. The lowest BCUT2D eigenvalue weighted by atomic mass is 10.00. The van der Waals surface area contributed by atoms with Gasteiger partial charge in [-0.1, -0.05) is 24.3 Å². The van der Waals surface area contributed by atoms with Crippen molar-refractivity contribution in [3.8, 4) is 5.75 Å². The highest BCUT2D eigenvalue weighted by atomic mass is 32.2. The maximum absolute atomic E-state index is 13.8. The first-order valence-electron chi connectivity index (χ1n) is 11.1. The van der Waals surface area contributed by atoms with Crippen molar-refractivity contribution in [2.45, 2.75) is 49.6 Å². The van der Waals surface area contributed by atoms with Gasteiger partial charge in [0, 0.05) is 37.8 Å². The predicted octanol–water partition coefficient (Wildman–Crippen LogP) is 3.72. The summed E-state index contributed by atoms with van der Waals surface area (Å²) in [6, 6.07) is 13.0. The molecule has 2 saturated heterocycles. The van der Waals surface area contributed by atoms with Crippen LogP contribution in [0.3, 0.4) is 0 Å². The average Bonchev–Trinajstić information content (AvgIpc) is 2.81. The molecule has 2 aliphatic rings. The van der Waals surface area contributed by atoms with E-state index >= 15 is 0 Å². The van der Waals surface area contributed by atoms with E-state index in [0.29, 0.717) is 30.4 Å². The molecule has 2 aliphatic heterocycles. The zero-order chi connectivity index (χ0) is 22.7. The van der Waals surface area contributed by atoms with Crippen LogP contribution in [-0.2, 0) is 10.0 Å². The van der Waals surface area contributed by atoms with Crippen LogP contribution in [0, 0.1) is 5.82 Å². The Morgan fingerprint density at radius 3 is 2.16 bits per heavy atom. The molecule has 2 heterocycles. The standard InChI is InChI=1S/C24H29FN2O4S/c1-18(28)19-6-8-22(9-7-19)32(29,30)27-16-10-20(11-17-27)26-14-12-21(13-15-26)31-24-5-3-2-4-23(24)25/h2-9,20-21H,10-17H2,1H3. The number of hydrogen-bond acceptors (Lipinski definition) is 5. The fourth-order valence-electron chi connectivity index (χ4n) is 4.54. The molecule has 6 nitrogen and oxygen atoms in total. The molecule has 0 spiro atoms. The summed E-state index contributed by atoms with van der Waals surface area (Å²) in [6.45, 7) is 4.15.